The monoisotopic (exact) mass is 367 g/mol. The van der Waals surface area contributed by atoms with E-state index in [1.165, 1.54) is 13.0 Å². The van der Waals surface area contributed by atoms with Crippen molar-refractivity contribution in [1.82, 2.24) is 0 Å². The van der Waals surface area contributed by atoms with Gasteiger partial charge in [-0.15, -0.1) is 0 Å². The van der Waals surface area contributed by atoms with Crippen molar-refractivity contribution in [2.24, 2.45) is 0 Å². The van der Waals surface area contributed by atoms with Gasteiger partial charge in [-0.2, -0.15) is 13.2 Å². The fraction of sp³-hybridized carbons (Fsp3) is 0.500. The molecule has 1 rings (SSSR count). The van der Waals surface area contributed by atoms with Crippen LogP contribution in [0.5, 0.6) is 0 Å². The summed E-state index contributed by atoms with van der Waals surface area (Å²) in [4.78, 5) is 11.8. The maximum atomic E-state index is 12.7. The fourth-order valence-corrected chi connectivity index (χ4v) is 2.03. The van der Waals surface area contributed by atoms with Crippen molar-refractivity contribution in [3.63, 3.8) is 0 Å². The largest absolute Gasteiger partial charge is 0.458 e. The lowest BCUT2D eigenvalue weighted by Crippen LogP contribution is -2.34. The van der Waals surface area contributed by atoms with Gasteiger partial charge in [0, 0.05) is 10.2 Å². The molecule has 0 aromatic heterocycles. The summed E-state index contributed by atoms with van der Waals surface area (Å²) in [7, 11) is 0. The predicted octanol–water partition coefficient (Wildman–Crippen LogP) is 4.61. The number of alkyl halides is 3. The molecule has 0 saturated carbocycles. The van der Waals surface area contributed by atoms with Gasteiger partial charge in [-0.3, -0.25) is 0 Å². The Kier molecular flexibility index (Phi) is 5.30. The minimum atomic E-state index is -4.45. The van der Waals surface area contributed by atoms with Crippen molar-refractivity contribution in [3.05, 3.63) is 28.2 Å². The van der Waals surface area contributed by atoms with Crippen molar-refractivity contribution in [2.45, 2.75) is 45.5 Å². The van der Waals surface area contributed by atoms with Crippen LogP contribution < -0.4 is 5.32 Å². The molecule has 0 radical (unpaired) electrons. The van der Waals surface area contributed by atoms with Gasteiger partial charge in [0.1, 0.15) is 11.6 Å². The maximum Gasteiger partial charge on any atom is 0.416 e. The highest BCUT2D eigenvalue weighted by Gasteiger charge is 2.31. The molecule has 3 nitrogen and oxygen atoms in total. The normalized spacial score (nSPS) is 13.7. The molecule has 1 atom stereocenters. The first-order chi connectivity index (χ1) is 9.38. The molecular formula is C14H17BrF3NO2. The first-order valence-corrected chi connectivity index (χ1v) is 7.05. The van der Waals surface area contributed by atoms with E-state index in [-0.39, 0.29) is 10.2 Å². The van der Waals surface area contributed by atoms with Crippen LogP contribution in [-0.4, -0.2) is 17.6 Å². The molecule has 0 saturated heterocycles. The summed E-state index contributed by atoms with van der Waals surface area (Å²) in [6.07, 6.45) is -4.45. The molecule has 0 aliphatic rings. The number of hydrogen-bond acceptors (Lipinski definition) is 3. The van der Waals surface area contributed by atoms with Gasteiger partial charge in [0.25, 0.3) is 0 Å². The number of esters is 1. The molecule has 118 valence electrons. The van der Waals surface area contributed by atoms with E-state index in [4.69, 9.17) is 4.74 Å². The Morgan fingerprint density at radius 3 is 2.29 bits per heavy atom. The summed E-state index contributed by atoms with van der Waals surface area (Å²) in [5, 5.41) is 2.71. The second-order valence-electron chi connectivity index (χ2n) is 5.63. The third-order valence-electron chi connectivity index (χ3n) is 2.37. The van der Waals surface area contributed by atoms with Crippen molar-refractivity contribution < 1.29 is 22.7 Å². The lowest BCUT2D eigenvalue weighted by Gasteiger charge is -2.23. The maximum absolute atomic E-state index is 12.7. The highest BCUT2D eigenvalue weighted by Crippen LogP contribution is 2.33. The molecule has 0 spiro atoms. The van der Waals surface area contributed by atoms with Crippen LogP contribution >= 0.6 is 15.9 Å². The first kappa shape index (κ1) is 17.8. The number of benzene rings is 1. The van der Waals surface area contributed by atoms with E-state index < -0.39 is 29.4 Å². The van der Waals surface area contributed by atoms with Gasteiger partial charge < -0.3 is 10.1 Å². The zero-order valence-corrected chi connectivity index (χ0v) is 13.7. The topological polar surface area (TPSA) is 38.3 Å². The molecule has 0 aliphatic carbocycles. The molecule has 7 heteroatoms. The minimum Gasteiger partial charge on any atom is -0.458 e. The SMILES string of the molecule is CC(Nc1cc(Br)cc(C(F)(F)F)c1)C(=O)OC(C)(C)C. The van der Waals surface area contributed by atoms with Crippen LogP contribution in [0.1, 0.15) is 33.3 Å². The zero-order valence-electron chi connectivity index (χ0n) is 12.1. The molecule has 0 aliphatic heterocycles. The van der Waals surface area contributed by atoms with Crippen LogP contribution in [0, 0.1) is 0 Å². The Hall–Kier alpha value is -1.24. The van der Waals surface area contributed by atoms with Gasteiger partial charge in [-0.1, -0.05) is 15.9 Å². The quantitative estimate of drug-likeness (QED) is 0.792. The standard InChI is InChI=1S/C14H17BrF3NO2/c1-8(12(20)21-13(2,3)4)19-11-6-9(14(16,17)18)5-10(15)7-11/h5-8,19H,1-4H3. The van der Waals surface area contributed by atoms with E-state index >= 15 is 0 Å². The molecule has 1 unspecified atom stereocenters. The second-order valence-corrected chi connectivity index (χ2v) is 6.54. The van der Waals surface area contributed by atoms with Gasteiger partial charge in [0.05, 0.1) is 5.56 Å². The number of nitrogens with one attached hydrogen (secondary N) is 1. The van der Waals surface area contributed by atoms with E-state index in [0.717, 1.165) is 12.1 Å². The number of anilines is 1. The van der Waals surface area contributed by atoms with E-state index in [1.54, 1.807) is 20.8 Å². The number of halogens is 4. The number of carbonyl (C=O) groups excluding carboxylic acids is 1. The van der Waals surface area contributed by atoms with E-state index in [2.05, 4.69) is 21.2 Å². The van der Waals surface area contributed by atoms with Gasteiger partial charge in [0.15, 0.2) is 0 Å². The summed E-state index contributed by atoms with van der Waals surface area (Å²) in [5.41, 5.74) is -1.26. The molecule has 0 fully saturated rings. The summed E-state index contributed by atoms with van der Waals surface area (Å²) in [6, 6.07) is 2.63. The molecule has 1 aromatic rings. The van der Waals surface area contributed by atoms with Crippen molar-refractivity contribution in [3.8, 4) is 0 Å². The van der Waals surface area contributed by atoms with Gasteiger partial charge >= 0.3 is 12.1 Å². The highest BCUT2D eigenvalue weighted by molar-refractivity contribution is 9.10. The third-order valence-corrected chi connectivity index (χ3v) is 2.83. The molecule has 21 heavy (non-hydrogen) atoms. The van der Waals surface area contributed by atoms with E-state index in [1.807, 2.05) is 0 Å². The Labute approximate surface area is 130 Å². The molecule has 1 N–H and O–H groups in total. The minimum absolute atomic E-state index is 0.190. The molecule has 1 aromatic carbocycles. The smallest absolute Gasteiger partial charge is 0.416 e. The predicted molar refractivity (Wildman–Crippen MR) is 78.1 cm³/mol. The third kappa shape index (κ3) is 5.95. The van der Waals surface area contributed by atoms with E-state index in [9.17, 15) is 18.0 Å². The van der Waals surface area contributed by atoms with Crippen molar-refractivity contribution >= 4 is 27.6 Å². The first-order valence-electron chi connectivity index (χ1n) is 6.26. The van der Waals surface area contributed by atoms with E-state index in [0.29, 0.717) is 0 Å². The fourth-order valence-electron chi connectivity index (χ4n) is 1.54. The molecule has 0 bridgehead atoms. The van der Waals surface area contributed by atoms with Crippen molar-refractivity contribution in [2.75, 3.05) is 5.32 Å². The lowest BCUT2D eigenvalue weighted by atomic mass is 10.1. The van der Waals surface area contributed by atoms with Crippen LogP contribution in [0.4, 0.5) is 18.9 Å². The Balaban J connectivity index is 2.88. The average Bonchev–Trinajstić information content (AvgIpc) is 2.24. The summed E-state index contributed by atoms with van der Waals surface area (Å²) in [5.74, 6) is -0.531. The second kappa shape index (κ2) is 6.25. The summed E-state index contributed by atoms with van der Waals surface area (Å²) >= 11 is 3.03. The Bertz CT molecular complexity index is 524. The number of rotatable bonds is 3. The number of carbonyl (C=O) groups is 1. The van der Waals surface area contributed by atoms with Crippen LogP contribution in [-0.2, 0) is 15.7 Å². The number of hydrogen-bond donors (Lipinski definition) is 1. The zero-order chi connectivity index (χ0) is 16.4. The average molecular weight is 368 g/mol. The molecule has 0 amide bonds. The summed E-state index contributed by atoms with van der Waals surface area (Å²) in [6.45, 7) is 6.69. The summed E-state index contributed by atoms with van der Waals surface area (Å²) < 4.78 is 43.6. The molecule has 0 heterocycles. The van der Waals surface area contributed by atoms with Crippen LogP contribution in [0.15, 0.2) is 22.7 Å². The van der Waals surface area contributed by atoms with Gasteiger partial charge in [-0.05, 0) is 45.9 Å². The van der Waals surface area contributed by atoms with Crippen molar-refractivity contribution in [1.29, 1.82) is 0 Å². The molecular weight excluding hydrogens is 351 g/mol. The van der Waals surface area contributed by atoms with Crippen LogP contribution in [0.2, 0.25) is 0 Å². The Morgan fingerprint density at radius 2 is 1.81 bits per heavy atom. The lowest BCUT2D eigenvalue weighted by molar-refractivity contribution is -0.155. The van der Waals surface area contributed by atoms with Gasteiger partial charge in [0.2, 0.25) is 0 Å². The van der Waals surface area contributed by atoms with Crippen LogP contribution in [0.25, 0.3) is 0 Å². The number of ether oxygens (including phenoxy) is 1. The van der Waals surface area contributed by atoms with Gasteiger partial charge in [-0.25, -0.2) is 4.79 Å². The Morgan fingerprint density at radius 1 is 1.24 bits per heavy atom. The highest BCUT2D eigenvalue weighted by atomic mass is 79.9. The van der Waals surface area contributed by atoms with Crippen LogP contribution in [0.3, 0.4) is 0 Å².